The number of phosphoric acid groups is 1. The molecule has 6 atom stereocenters. The summed E-state index contributed by atoms with van der Waals surface area (Å²) in [6, 6.07) is 0. The van der Waals surface area contributed by atoms with Gasteiger partial charge in [0, 0.05) is 24.2 Å². The molecule has 0 saturated carbocycles. The Hall–Kier alpha value is -1.21. The molecule has 1 aliphatic rings. The largest absolute Gasteiger partial charge is 0.708 e. The molecule has 0 spiro atoms. The summed E-state index contributed by atoms with van der Waals surface area (Å²) in [4.78, 5) is 29.4. The number of aromatic nitrogens is 4. The Morgan fingerprint density at radius 3 is 2.83 bits per heavy atom. The van der Waals surface area contributed by atoms with Gasteiger partial charge in [-0.2, -0.15) is 9.97 Å². The lowest BCUT2D eigenvalue weighted by atomic mass is 10.2. The molecular weight excluding hydrogens is 479 g/mol. The van der Waals surface area contributed by atoms with Crippen LogP contribution in [-0.4, -0.2) is 53.2 Å². The van der Waals surface area contributed by atoms with Crippen LogP contribution in [0.15, 0.2) is 6.33 Å². The van der Waals surface area contributed by atoms with E-state index >= 15 is 0 Å². The SMILES string of the molecule is Nc1nc(Cl)nc2c1ncn2C1CC(O)C(CO[P+](=O)OP(=O)(O)O[P+](=O)O)O1. The van der Waals surface area contributed by atoms with Gasteiger partial charge in [-0.15, -0.1) is 9.42 Å². The summed E-state index contributed by atoms with van der Waals surface area (Å²) in [7, 11) is -11.8. The average molecular weight is 492 g/mol. The number of hydrogen-bond donors (Lipinski definition) is 4. The monoisotopic (exact) mass is 491 g/mol. The van der Waals surface area contributed by atoms with Crippen molar-refractivity contribution in [2.45, 2.75) is 24.9 Å². The highest BCUT2D eigenvalue weighted by Crippen LogP contribution is 2.57. The van der Waals surface area contributed by atoms with Crippen LogP contribution in [0.2, 0.25) is 5.28 Å². The molecule has 3 heterocycles. The molecule has 6 unspecified atom stereocenters. The lowest BCUT2D eigenvalue weighted by Crippen LogP contribution is -2.25. The first-order valence-corrected chi connectivity index (χ1v) is 11.6. The van der Waals surface area contributed by atoms with E-state index in [1.165, 1.54) is 10.9 Å². The maximum Gasteiger partial charge on any atom is 0.708 e. The molecule has 0 aromatic carbocycles. The summed E-state index contributed by atoms with van der Waals surface area (Å²) in [6.45, 7) is -0.497. The number of nitrogen functional groups attached to an aromatic ring is 1. The fraction of sp³-hybridized carbons (Fsp3) is 0.500. The Balaban J connectivity index is 1.63. The minimum Gasteiger partial charge on any atom is -0.390 e. The van der Waals surface area contributed by atoms with Crippen LogP contribution >= 0.6 is 35.9 Å². The van der Waals surface area contributed by atoms with Crippen LogP contribution < -0.4 is 5.73 Å². The molecule has 0 aliphatic carbocycles. The maximum atomic E-state index is 11.6. The standard InChI is InChI=1S/C10H11ClN5O10P3/c11-10-14-8(12)7-9(15-10)16(3-13-7)6-1-4(17)5(24-6)2-23-28(20)26-29(21,22)25-27(18)19/h3-6,17H,1-2H2,(H2-2,12,14,15,18,19,21,22)/p+2. The predicted molar refractivity (Wildman–Crippen MR) is 94.7 cm³/mol. The number of anilines is 1. The van der Waals surface area contributed by atoms with Crippen LogP contribution in [0.5, 0.6) is 0 Å². The molecule has 29 heavy (non-hydrogen) atoms. The molecule has 1 aliphatic heterocycles. The molecule has 0 radical (unpaired) electrons. The first-order chi connectivity index (χ1) is 13.6. The fourth-order valence-electron chi connectivity index (χ4n) is 2.50. The third-order valence-electron chi connectivity index (χ3n) is 3.62. The summed E-state index contributed by atoms with van der Waals surface area (Å²) in [5, 5.41) is 10.0. The summed E-state index contributed by atoms with van der Waals surface area (Å²) in [5.74, 6) is 0.0617. The summed E-state index contributed by atoms with van der Waals surface area (Å²) in [5.41, 5.74) is 6.28. The van der Waals surface area contributed by atoms with E-state index in [1.54, 1.807) is 0 Å². The molecule has 158 valence electrons. The second-order valence-corrected chi connectivity index (χ2v) is 9.29. The topological polar surface area (TPSA) is 218 Å². The van der Waals surface area contributed by atoms with Gasteiger partial charge in [-0.25, -0.2) is 9.55 Å². The zero-order valence-corrected chi connectivity index (χ0v) is 17.4. The van der Waals surface area contributed by atoms with Gasteiger partial charge in [0.05, 0.1) is 12.4 Å². The van der Waals surface area contributed by atoms with Gasteiger partial charge in [0.2, 0.25) is 5.28 Å². The van der Waals surface area contributed by atoms with Crippen molar-refractivity contribution < 1.29 is 46.5 Å². The zero-order valence-electron chi connectivity index (χ0n) is 14.0. The molecule has 15 nitrogen and oxygen atoms in total. The molecule has 5 N–H and O–H groups in total. The minimum absolute atomic E-state index is 0.0617. The molecule has 19 heteroatoms. The Bertz CT molecular complexity index is 1010. The van der Waals surface area contributed by atoms with E-state index in [2.05, 4.69) is 23.6 Å². The van der Waals surface area contributed by atoms with Gasteiger partial charge >= 0.3 is 24.3 Å². The van der Waals surface area contributed by atoms with Crippen molar-refractivity contribution in [2.75, 3.05) is 12.3 Å². The van der Waals surface area contributed by atoms with E-state index in [0.29, 0.717) is 0 Å². The molecule has 2 aromatic heterocycles. The van der Waals surface area contributed by atoms with E-state index in [-0.39, 0.29) is 28.7 Å². The highest BCUT2D eigenvalue weighted by Gasteiger charge is 2.46. The lowest BCUT2D eigenvalue weighted by molar-refractivity contribution is -0.0384. The van der Waals surface area contributed by atoms with Crippen LogP contribution in [0.25, 0.3) is 11.2 Å². The van der Waals surface area contributed by atoms with Gasteiger partial charge in [-0.05, 0) is 11.6 Å². The second-order valence-electron chi connectivity index (χ2n) is 5.52. The highest BCUT2D eigenvalue weighted by atomic mass is 35.5. The molecule has 1 fully saturated rings. The smallest absolute Gasteiger partial charge is 0.390 e. The number of aliphatic hydroxyl groups excluding tert-OH is 1. The summed E-state index contributed by atoms with van der Waals surface area (Å²) < 4.78 is 52.8. The first-order valence-electron chi connectivity index (χ1n) is 7.53. The fourth-order valence-corrected chi connectivity index (χ4v) is 4.90. The van der Waals surface area contributed by atoms with Gasteiger partial charge in [0.15, 0.2) is 11.5 Å². The number of hydrogen-bond acceptors (Lipinski definition) is 12. The van der Waals surface area contributed by atoms with Gasteiger partial charge in [-0.3, -0.25) is 9.46 Å². The Morgan fingerprint density at radius 2 is 2.14 bits per heavy atom. The third kappa shape index (κ3) is 5.48. The van der Waals surface area contributed by atoms with Gasteiger partial charge in [0.25, 0.3) is 0 Å². The van der Waals surface area contributed by atoms with Crippen LogP contribution in [0.3, 0.4) is 0 Å². The van der Waals surface area contributed by atoms with Gasteiger partial charge in [-0.1, -0.05) is 0 Å². The normalized spacial score (nSPS) is 25.2. The quantitative estimate of drug-likeness (QED) is 0.301. The van der Waals surface area contributed by atoms with Crippen molar-refractivity contribution in [3.8, 4) is 0 Å². The molecule has 3 rings (SSSR count). The van der Waals surface area contributed by atoms with E-state index < -0.39 is 49.4 Å². The third-order valence-corrected chi connectivity index (χ3v) is 6.89. The van der Waals surface area contributed by atoms with E-state index in [4.69, 9.17) is 36.4 Å². The zero-order chi connectivity index (χ0) is 21.3. The minimum atomic E-state index is -5.07. The van der Waals surface area contributed by atoms with Gasteiger partial charge in [0.1, 0.15) is 24.5 Å². The number of halogens is 1. The van der Waals surface area contributed by atoms with E-state index in [9.17, 15) is 18.8 Å². The number of imidazole rings is 1. The number of fused-ring (bicyclic) bond motifs is 1. The van der Waals surface area contributed by atoms with Crippen LogP contribution in [0, 0.1) is 0 Å². The number of rotatable bonds is 8. The molecule has 0 bridgehead atoms. The molecule has 0 amide bonds. The second kappa shape index (κ2) is 8.88. The lowest BCUT2D eigenvalue weighted by Gasteiger charge is -2.13. The Morgan fingerprint density at radius 1 is 1.41 bits per heavy atom. The Kier molecular flexibility index (Phi) is 6.88. The van der Waals surface area contributed by atoms with E-state index in [1.807, 2.05) is 0 Å². The Labute approximate surface area is 168 Å². The van der Waals surface area contributed by atoms with Crippen molar-refractivity contribution in [3.05, 3.63) is 11.6 Å². The number of ether oxygens (including phenoxy) is 1. The van der Waals surface area contributed by atoms with Crippen molar-refractivity contribution in [2.24, 2.45) is 0 Å². The van der Waals surface area contributed by atoms with Crippen LogP contribution in [0.4, 0.5) is 5.82 Å². The summed E-state index contributed by atoms with van der Waals surface area (Å²) >= 11 is 5.80. The number of nitrogens with zero attached hydrogens (tertiary/aromatic N) is 4. The number of nitrogens with two attached hydrogens (primary N) is 1. The first kappa shape index (κ1) is 22.5. The summed E-state index contributed by atoms with van der Waals surface area (Å²) in [6.07, 6.45) is -1.38. The van der Waals surface area contributed by atoms with E-state index in [0.717, 1.165) is 0 Å². The van der Waals surface area contributed by atoms with Crippen LogP contribution in [-0.2, 0) is 31.6 Å². The van der Waals surface area contributed by atoms with Gasteiger partial charge < -0.3 is 15.6 Å². The van der Waals surface area contributed by atoms with Crippen LogP contribution in [0.1, 0.15) is 12.6 Å². The van der Waals surface area contributed by atoms with Crippen molar-refractivity contribution in [1.82, 2.24) is 19.5 Å². The van der Waals surface area contributed by atoms with Crippen molar-refractivity contribution in [3.63, 3.8) is 0 Å². The van der Waals surface area contributed by atoms with Crippen molar-refractivity contribution >= 4 is 52.9 Å². The van der Waals surface area contributed by atoms with Crippen molar-refractivity contribution in [1.29, 1.82) is 0 Å². The molecule has 2 aromatic rings. The highest BCUT2D eigenvalue weighted by molar-refractivity contribution is 7.61. The number of aliphatic hydroxyl groups is 1. The molecule has 1 saturated heterocycles. The molecular formula is C10H13ClN5O10P3+2. The predicted octanol–water partition coefficient (Wildman–Crippen LogP) is 1.17. The maximum absolute atomic E-state index is 11.6. The average Bonchev–Trinajstić information content (AvgIpc) is 3.14.